The summed E-state index contributed by atoms with van der Waals surface area (Å²) < 4.78 is 26.8. The molecule has 33 heavy (non-hydrogen) atoms. The fourth-order valence-corrected chi connectivity index (χ4v) is 3.87. The van der Waals surface area contributed by atoms with E-state index in [1.54, 1.807) is 0 Å². The number of rotatable bonds is 6. The van der Waals surface area contributed by atoms with Gasteiger partial charge in [-0.25, -0.2) is 13.8 Å². The van der Waals surface area contributed by atoms with E-state index in [1.807, 2.05) is 43.5 Å². The van der Waals surface area contributed by atoms with Gasteiger partial charge in [0.1, 0.15) is 17.5 Å². The predicted octanol–water partition coefficient (Wildman–Crippen LogP) is 4.58. The Bertz CT molecular complexity index is 1130. The van der Waals surface area contributed by atoms with Crippen LogP contribution in [0.1, 0.15) is 24.1 Å². The maximum atomic E-state index is 13.7. The zero-order chi connectivity index (χ0) is 23.2. The number of anilines is 2. The van der Waals surface area contributed by atoms with Crippen LogP contribution in [0.3, 0.4) is 0 Å². The van der Waals surface area contributed by atoms with Gasteiger partial charge < -0.3 is 15.1 Å². The second-order valence-electron chi connectivity index (χ2n) is 7.99. The monoisotopic (exact) mass is 448 g/mol. The van der Waals surface area contributed by atoms with Crippen molar-refractivity contribution in [1.29, 1.82) is 0 Å². The maximum Gasteiger partial charge on any atom is 0.244 e. The molecule has 4 rings (SSSR count). The Morgan fingerprint density at radius 1 is 1.00 bits per heavy atom. The predicted molar refractivity (Wildman–Crippen MR) is 127 cm³/mol. The van der Waals surface area contributed by atoms with Crippen LogP contribution in [0, 0.1) is 11.6 Å². The number of piperazine rings is 1. The van der Waals surface area contributed by atoms with Crippen LogP contribution in [0.2, 0.25) is 0 Å². The average Bonchev–Trinajstić information content (AvgIpc) is 2.84. The third-order valence-corrected chi connectivity index (χ3v) is 5.72. The number of amides is 1. The molecule has 1 N–H and O–H groups in total. The lowest BCUT2D eigenvalue weighted by molar-refractivity contribution is -0.117. The van der Waals surface area contributed by atoms with Gasteiger partial charge in [-0.1, -0.05) is 18.2 Å². The minimum atomic E-state index is -0.706. The Labute approximate surface area is 192 Å². The summed E-state index contributed by atoms with van der Waals surface area (Å²) in [4.78, 5) is 21.4. The van der Waals surface area contributed by atoms with E-state index in [-0.39, 0.29) is 17.5 Å². The summed E-state index contributed by atoms with van der Waals surface area (Å²) in [5.74, 6) is -0.708. The average molecular weight is 449 g/mol. The van der Waals surface area contributed by atoms with E-state index in [1.165, 1.54) is 18.2 Å². The Balaban J connectivity index is 1.35. The standard InChI is InChI=1S/C26H26F2N4O/c1-19(30-26(33)11-9-20-8-10-22(27)18-24(20)28)21-5-4-6-23(17-21)31-13-15-32(16-14-31)25-7-2-3-12-29-25/h2-12,17-19H,13-16H2,1H3,(H,30,33)/b11-9+/t19-/m0/s1. The van der Waals surface area contributed by atoms with Crippen LogP contribution in [0.4, 0.5) is 20.3 Å². The van der Waals surface area contributed by atoms with Gasteiger partial charge in [-0.15, -0.1) is 0 Å². The van der Waals surface area contributed by atoms with E-state index in [0.29, 0.717) is 0 Å². The molecule has 7 heteroatoms. The molecular formula is C26H26F2N4O. The van der Waals surface area contributed by atoms with Gasteiger partial charge >= 0.3 is 0 Å². The number of aromatic nitrogens is 1. The highest BCUT2D eigenvalue weighted by Crippen LogP contribution is 2.23. The first-order valence-corrected chi connectivity index (χ1v) is 10.9. The number of hydrogen-bond donors (Lipinski definition) is 1. The van der Waals surface area contributed by atoms with E-state index in [0.717, 1.165) is 55.4 Å². The lowest BCUT2D eigenvalue weighted by Crippen LogP contribution is -2.46. The molecular weight excluding hydrogens is 422 g/mol. The zero-order valence-corrected chi connectivity index (χ0v) is 18.4. The largest absolute Gasteiger partial charge is 0.368 e. The number of nitrogens with zero attached hydrogens (tertiary/aromatic N) is 3. The highest BCUT2D eigenvalue weighted by molar-refractivity contribution is 5.92. The van der Waals surface area contributed by atoms with E-state index in [9.17, 15) is 13.6 Å². The summed E-state index contributed by atoms with van der Waals surface area (Å²) in [5.41, 5.74) is 2.25. The third kappa shape index (κ3) is 5.74. The van der Waals surface area contributed by atoms with Crippen LogP contribution in [0.5, 0.6) is 0 Å². The molecule has 0 spiro atoms. The minimum Gasteiger partial charge on any atom is -0.368 e. The topological polar surface area (TPSA) is 48.5 Å². The first-order chi connectivity index (χ1) is 16.0. The van der Waals surface area contributed by atoms with Crippen LogP contribution in [0.25, 0.3) is 6.08 Å². The number of pyridine rings is 1. The molecule has 1 aromatic heterocycles. The summed E-state index contributed by atoms with van der Waals surface area (Å²) >= 11 is 0. The van der Waals surface area contributed by atoms with Gasteiger partial charge in [0.05, 0.1) is 6.04 Å². The third-order valence-electron chi connectivity index (χ3n) is 5.72. The van der Waals surface area contributed by atoms with Gasteiger partial charge in [0.15, 0.2) is 0 Å². The number of carbonyl (C=O) groups is 1. The van der Waals surface area contributed by atoms with Crippen molar-refractivity contribution in [1.82, 2.24) is 10.3 Å². The number of carbonyl (C=O) groups excluding carboxylic acids is 1. The number of hydrogen-bond acceptors (Lipinski definition) is 4. The summed E-state index contributed by atoms with van der Waals surface area (Å²) in [6.07, 6.45) is 4.41. The number of benzene rings is 2. The Morgan fingerprint density at radius 2 is 1.79 bits per heavy atom. The molecule has 1 aliphatic rings. The van der Waals surface area contributed by atoms with Crippen molar-refractivity contribution < 1.29 is 13.6 Å². The van der Waals surface area contributed by atoms with Crippen molar-refractivity contribution in [3.63, 3.8) is 0 Å². The van der Waals surface area contributed by atoms with Crippen LogP contribution in [-0.2, 0) is 4.79 Å². The first-order valence-electron chi connectivity index (χ1n) is 10.9. The lowest BCUT2D eigenvalue weighted by Gasteiger charge is -2.37. The first kappa shape index (κ1) is 22.5. The molecule has 0 radical (unpaired) electrons. The number of halogens is 2. The molecule has 2 aromatic carbocycles. The molecule has 3 aromatic rings. The fraction of sp³-hybridized carbons (Fsp3) is 0.231. The molecule has 1 fully saturated rings. The SMILES string of the molecule is C[C@H](NC(=O)/C=C/c1ccc(F)cc1F)c1cccc(N2CCN(c3ccccn3)CC2)c1. The quantitative estimate of drug-likeness (QED) is 0.561. The summed E-state index contributed by atoms with van der Waals surface area (Å²) in [5, 5.41) is 2.90. The van der Waals surface area contributed by atoms with Crippen molar-refractivity contribution in [2.24, 2.45) is 0 Å². The molecule has 0 aliphatic carbocycles. The second kappa shape index (κ2) is 10.3. The summed E-state index contributed by atoms with van der Waals surface area (Å²) in [7, 11) is 0. The molecule has 1 aliphatic heterocycles. The summed E-state index contributed by atoms with van der Waals surface area (Å²) in [6, 6.07) is 17.1. The van der Waals surface area contributed by atoms with Crippen molar-refractivity contribution >= 4 is 23.5 Å². The van der Waals surface area contributed by atoms with Crippen molar-refractivity contribution in [3.05, 3.63) is 95.7 Å². The van der Waals surface area contributed by atoms with Crippen LogP contribution < -0.4 is 15.1 Å². The molecule has 170 valence electrons. The van der Waals surface area contributed by atoms with Crippen LogP contribution in [0.15, 0.2) is 72.9 Å². The molecule has 0 bridgehead atoms. The minimum absolute atomic E-state index is 0.158. The van der Waals surface area contributed by atoms with Gasteiger partial charge in [0.2, 0.25) is 5.91 Å². The Hall–Kier alpha value is -3.74. The lowest BCUT2D eigenvalue weighted by atomic mass is 10.1. The Morgan fingerprint density at radius 3 is 2.52 bits per heavy atom. The zero-order valence-electron chi connectivity index (χ0n) is 18.4. The molecule has 1 amide bonds. The van der Waals surface area contributed by atoms with Gasteiger partial charge in [0, 0.05) is 55.8 Å². The normalized spacial score (nSPS) is 15.0. The molecule has 1 atom stereocenters. The smallest absolute Gasteiger partial charge is 0.244 e. The highest BCUT2D eigenvalue weighted by Gasteiger charge is 2.19. The van der Waals surface area contributed by atoms with Crippen molar-refractivity contribution in [2.45, 2.75) is 13.0 Å². The van der Waals surface area contributed by atoms with Gasteiger partial charge in [-0.05, 0) is 55.0 Å². The summed E-state index contributed by atoms with van der Waals surface area (Å²) in [6.45, 7) is 5.44. The Kier molecular flexibility index (Phi) is 6.98. The van der Waals surface area contributed by atoms with Crippen LogP contribution >= 0.6 is 0 Å². The molecule has 0 saturated carbocycles. The number of nitrogens with one attached hydrogen (secondary N) is 1. The van der Waals surface area contributed by atoms with Gasteiger partial charge in [0.25, 0.3) is 0 Å². The molecule has 5 nitrogen and oxygen atoms in total. The fourth-order valence-electron chi connectivity index (χ4n) is 3.87. The second-order valence-corrected chi connectivity index (χ2v) is 7.99. The molecule has 0 unspecified atom stereocenters. The van der Waals surface area contributed by atoms with Crippen LogP contribution in [-0.4, -0.2) is 37.1 Å². The van der Waals surface area contributed by atoms with Crippen molar-refractivity contribution in [2.75, 3.05) is 36.0 Å². The van der Waals surface area contributed by atoms with E-state index < -0.39 is 11.6 Å². The van der Waals surface area contributed by atoms with E-state index in [4.69, 9.17) is 0 Å². The highest BCUT2D eigenvalue weighted by atomic mass is 19.1. The van der Waals surface area contributed by atoms with Crippen molar-refractivity contribution in [3.8, 4) is 0 Å². The molecule has 2 heterocycles. The maximum absolute atomic E-state index is 13.7. The van der Waals surface area contributed by atoms with E-state index in [2.05, 4.69) is 32.2 Å². The van der Waals surface area contributed by atoms with E-state index >= 15 is 0 Å². The van der Waals surface area contributed by atoms with Gasteiger partial charge in [-0.2, -0.15) is 0 Å². The molecule has 1 saturated heterocycles. The van der Waals surface area contributed by atoms with Gasteiger partial charge in [-0.3, -0.25) is 4.79 Å².